The molecule has 0 aliphatic rings. The van der Waals surface area contributed by atoms with E-state index in [0.717, 1.165) is 11.1 Å². The average molecular weight is 469 g/mol. The minimum absolute atomic E-state index is 0.0193. The number of rotatable bonds is 8. The predicted molar refractivity (Wildman–Crippen MR) is 128 cm³/mol. The first-order valence-electron chi connectivity index (χ1n) is 10.6. The van der Waals surface area contributed by atoms with Crippen LogP contribution in [0.5, 0.6) is 11.5 Å². The van der Waals surface area contributed by atoms with Crippen molar-refractivity contribution in [3.63, 3.8) is 0 Å². The number of aromatic amines is 1. The molecule has 1 atom stereocenters. The second-order valence-electron chi connectivity index (χ2n) is 6.91. The number of pyridine rings is 1. The molecule has 0 saturated carbocycles. The Hall–Kier alpha value is -3.43. The fourth-order valence-corrected chi connectivity index (χ4v) is 4.75. The van der Waals surface area contributed by atoms with E-state index in [1.165, 1.54) is 0 Å². The summed E-state index contributed by atoms with van der Waals surface area (Å²) in [6.07, 6.45) is 2.01. The molecule has 0 radical (unpaired) electrons. The van der Waals surface area contributed by atoms with E-state index in [9.17, 15) is 8.42 Å². The molecule has 0 amide bonds. The van der Waals surface area contributed by atoms with Crippen LogP contribution in [-0.2, 0) is 16.4 Å². The van der Waals surface area contributed by atoms with Crippen molar-refractivity contribution < 1.29 is 17.9 Å². The van der Waals surface area contributed by atoms with Crippen molar-refractivity contribution in [1.82, 2.24) is 19.9 Å². The van der Waals surface area contributed by atoms with Gasteiger partial charge in [-0.2, -0.15) is 5.10 Å². The van der Waals surface area contributed by atoms with Crippen LogP contribution in [0.2, 0.25) is 0 Å². The van der Waals surface area contributed by atoms with Crippen LogP contribution >= 0.6 is 0 Å². The predicted octanol–water partition coefficient (Wildman–Crippen LogP) is 4.26. The van der Waals surface area contributed by atoms with Crippen LogP contribution in [0, 0.1) is 0 Å². The van der Waals surface area contributed by atoms with Crippen LogP contribution in [0.15, 0.2) is 71.9 Å². The van der Waals surface area contributed by atoms with Gasteiger partial charge < -0.3 is 9.47 Å². The van der Waals surface area contributed by atoms with Crippen molar-refractivity contribution in [1.29, 1.82) is 0 Å². The molecule has 2 N–H and O–H groups in total. The van der Waals surface area contributed by atoms with Gasteiger partial charge in [-0.25, -0.2) is 18.1 Å². The van der Waals surface area contributed by atoms with Crippen LogP contribution < -0.4 is 14.2 Å². The first kappa shape index (κ1) is 24.2. The first-order valence-corrected chi connectivity index (χ1v) is 12.1. The second-order valence-corrected chi connectivity index (χ2v) is 8.56. The Morgan fingerprint density at radius 3 is 2.39 bits per heavy atom. The molecule has 2 heterocycles. The summed E-state index contributed by atoms with van der Waals surface area (Å²) in [5.41, 5.74) is 2.07. The molecular weight excluding hydrogens is 440 g/mol. The van der Waals surface area contributed by atoms with Crippen LogP contribution in [0.25, 0.3) is 11.0 Å². The van der Waals surface area contributed by atoms with Gasteiger partial charge in [0.25, 0.3) is 10.0 Å². The Bertz CT molecular complexity index is 1290. The van der Waals surface area contributed by atoms with Crippen LogP contribution in [0.1, 0.15) is 31.0 Å². The van der Waals surface area contributed by atoms with Crippen molar-refractivity contribution in [2.75, 3.05) is 14.2 Å². The molecule has 33 heavy (non-hydrogen) atoms. The molecule has 0 aliphatic heterocycles. The number of fused-ring (bicyclic) bond motifs is 1. The summed E-state index contributed by atoms with van der Waals surface area (Å²) in [6, 6.07) is 17.8. The van der Waals surface area contributed by atoms with E-state index in [-0.39, 0.29) is 5.03 Å². The van der Waals surface area contributed by atoms with Crippen LogP contribution in [-0.4, -0.2) is 37.8 Å². The fraction of sp³-hybridized carbons (Fsp3) is 0.250. The van der Waals surface area contributed by atoms with Gasteiger partial charge in [0.2, 0.25) is 0 Å². The van der Waals surface area contributed by atoms with Gasteiger partial charge in [-0.3, -0.25) is 5.10 Å². The maximum Gasteiger partial charge on any atom is 0.258 e. The molecule has 4 aromatic rings. The zero-order valence-corrected chi connectivity index (χ0v) is 19.9. The fourth-order valence-electron chi connectivity index (χ4n) is 3.43. The largest absolute Gasteiger partial charge is 0.493 e. The van der Waals surface area contributed by atoms with E-state index in [4.69, 9.17) is 9.47 Å². The Balaban J connectivity index is 0.00000149. The molecule has 2 aromatic carbocycles. The zero-order chi connectivity index (χ0) is 23.8. The number of hydrogen-bond donors (Lipinski definition) is 2. The van der Waals surface area contributed by atoms with Gasteiger partial charge in [-0.1, -0.05) is 50.2 Å². The summed E-state index contributed by atoms with van der Waals surface area (Å²) in [6.45, 7) is 4.00. The number of ether oxygens (including phenoxy) is 2. The highest BCUT2D eigenvalue weighted by Crippen LogP contribution is 2.32. The highest BCUT2D eigenvalue weighted by Gasteiger charge is 2.26. The third-order valence-corrected chi connectivity index (χ3v) is 6.40. The lowest BCUT2D eigenvalue weighted by Gasteiger charge is -2.20. The maximum atomic E-state index is 13.3. The van der Waals surface area contributed by atoms with Crippen LogP contribution in [0.4, 0.5) is 0 Å². The third kappa shape index (κ3) is 5.50. The SMILES string of the molecule is CC.COc1ccc(C(Cc2ccccc2)NS(=O)(=O)c2[nH]nc3ncccc23)cc1OC. The van der Waals surface area contributed by atoms with E-state index in [0.29, 0.717) is 29.0 Å². The molecule has 1 unspecified atom stereocenters. The Morgan fingerprint density at radius 2 is 1.70 bits per heavy atom. The minimum atomic E-state index is -3.93. The van der Waals surface area contributed by atoms with E-state index in [1.807, 2.05) is 50.2 Å². The number of H-pyrrole nitrogens is 1. The Kier molecular flexibility index (Phi) is 8.02. The van der Waals surface area contributed by atoms with Gasteiger partial charge in [0, 0.05) is 6.20 Å². The number of hydrogen-bond acceptors (Lipinski definition) is 6. The average Bonchev–Trinajstić information content (AvgIpc) is 3.30. The van der Waals surface area contributed by atoms with Crippen molar-refractivity contribution in [2.24, 2.45) is 0 Å². The summed E-state index contributed by atoms with van der Waals surface area (Å²) in [5, 5.41) is 7.03. The van der Waals surface area contributed by atoms with Crippen LogP contribution in [0.3, 0.4) is 0 Å². The third-order valence-electron chi connectivity index (χ3n) is 4.95. The molecule has 0 saturated heterocycles. The van der Waals surface area contributed by atoms with Gasteiger partial charge in [-0.05, 0) is 41.8 Å². The molecule has 4 rings (SSSR count). The van der Waals surface area contributed by atoms with Gasteiger partial charge in [0.1, 0.15) is 0 Å². The highest BCUT2D eigenvalue weighted by molar-refractivity contribution is 7.89. The summed E-state index contributed by atoms with van der Waals surface area (Å²) >= 11 is 0. The minimum Gasteiger partial charge on any atom is -0.493 e. The van der Waals surface area contributed by atoms with Gasteiger partial charge in [0.05, 0.1) is 25.6 Å². The quantitative estimate of drug-likeness (QED) is 0.400. The number of nitrogens with one attached hydrogen (secondary N) is 2. The molecule has 0 fully saturated rings. The molecule has 2 aromatic heterocycles. The molecule has 0 spiro atoms. The highest BCUT2D eigenvalue weighted by atomic mass is 32.2. The Labute approximate surface area is 194 Å². The second kappa shape index (κ2) is 10.9. The van der Waals surface area contributed by atoms with Crippen molar-refractivity contribution >= 4 is 21.1 Å². The number of benzene rings is 2. The molecule has 174 valence electrons. The standard InChI is InChI=1S/C22H22N4O4S.C2H6/c1-29-19-11-10-16(14-20(19)30-2)18(13-15-7-4-3-5-8-15)26-31(27,28)22-17-9-6-12-23-21(17)24-25-22;1-2/h3-12,14,18,26H,13H2,1-2H3,(H,23,24,25);1-2H3. The lowest BCUT2D eigenvalue weighted by Crippen LogP contribution is -2.30. The van der Waals surface area contributed by atoms with E-state index in [2.05, 4.69) is 19.9 Å². The van der Waals surface area contributed by atoms with Crippen molar-refractivity contribution in [2.45, 2.75) is 31.3 Å². The number of sulfonamides is 1. The maximum absolute atomic E-state index is 13.3. The first-order chi connectivity index (χ1) is 16.0. The molecular formula is C24H28N4O4S. The Morgan fingerprint density at radius 1 is 0.970 bits per heavy atom. The van der Waals surface area contributed by atoms with Crippen molar-refractivity contribution in [3.8, 4) is 11.5 Å². The monoisotopic (exact) mass is 468 g/mol. The molecule has 8 nitrogen and oxygen atoms in total. The van der Waals surface area contributed by atoms with Gasteiger partial charge in [0.15, 0.2) is 22.2 Å². The van der Waals surface area contributed by atoms with E-state index >= 15 is 0 Å². The molecule has 0 bridgehead atoms. The normalized spacial score (nSPS) is 12.0. The topological polar surface area (TPSA) is 106 Å². The lowest BCUT2D eigenvalue weighted by atomic mass is 9.99. The number of methoxy groups -OCH3 is 2. The summed E-state index contributed by atoms with van der Waals surface area (Å²) in [5.74, 6) is 1.09. The number of nitrogens with zero attached hydrogens (tertiary/aromatic N) is 2. The molecule has 0 aliphatic carbocycles. The summed E-state index contributed by atoms with van der Waals surface area (Å²) in [4.78, 5) is 4.10. The van der Waals surface area contributed by atoms with Gasteiger partial charge in [-0.15, -0.1) is 0 Å². The summed E-state index contributed by atoms with van der Waals surface area (Å²) < 4.78 is 40.1. The smallest absolute Gasteiger partial charge is 0.258 e. The van der Waals surface area contributed by atoms with Crippen molar-refractivity contribution in [3.05, 3.63) is 78.0 Å². The lowest BCUT2D eigenvalue weighted by molar-refractivity contribution is 0.354. The zero-order valence-electron chi connectivity index (χ0n) is 19.1. The van der Waals surface area contributed by atoms with Gasteiger partial charge >= 0.3 is 0 Å². The molecule has 9 heteroatoms. The van der Waals surface area contributed by atoms with E-state index in [1.54, 1.807) is 44.7 Å². The summed E-state index contributed by atoms with van der Waals surface area (Å²) in [7, 11) is -0.828. The van der Waals surface area contributed by atoms with E-state index < -0.39 is 16.1 Å². The number of aromatic nitrogens is 3.